The van der Waals surface area contributed by atoms with Gasteiger partial charge in [-0.15, -0.1) is 0 Å². The van der Waals surface area contributed by atoms with Crippen molar-refractivity contribution in [1.29, 1.82) is 0 Å². The number of anilines is 1. The molecule has 1 fully saturated rings. The summed E-state index contributed by atoms with van der Waals surface area (Å²) in [5, 5.41) is 2.62. The van der Waals surface area contributed by atoms with E-state index in [-0.39, 0.29) is 16.5 Å². The SMILES string of the molecule is CC(=O)c1ccc(-c2ccc(/C=C3\C(=O)NC(=S)N(c4cccc(C)c4C)C3=O)o2)cc1. The number of carbonyl (C=O) groups excluding carboxylic acids is 3. The number of benzene rings is 2. The molecule has 3 aromatic rings. The zero-order chi connectivity index (χ0) is 23.0. The first-order chi connectivity index (χ1) is 15.3. The number of aryl methyl sites for hydroxylation is 1. The van der Waals surface area contributed by atoms with Gasteiger partial charge in [0.1, 0.15) is 17.1 Å². The van der Waals surface area contributed by atoms with Crippen LogP contribution >= 0.6 is 12.2 Å². The van der Waals surface area contributed by atoms with Gasteiger partial charge in [0.05, 0.1) is 5.69 Å². The average Bonchev–Trinajstić information content (AvgIpc) is 3.23. The van der Waals surface area contributed by atoms with E-state index in [0.717, 1.165) is 16.7 Å². The minimum absolute atomic E-state index is 0.0189. The molecule has 160 valence electrons. The standard InChI is InChI=1S/C25H20N2O4S/c1-14-5-4-6-21(15(14)2)27-24(30)20(23(29)26-25(27)32)13-19-11-12-22(31-19)18-9-7-17(8-10-18)16(3)28/h4-13H,1-3H3,(H,26,29,32)/b20-13+. The highest BCUT2D eigenvalue weighted by Crippen LogP contribution is 2.28. The number of amides is 2. The highest BCUT2D eigenvalue weighted by Gasteiger charge is 2.35. The Morgan fingerprint density at radius 2 is 1.75 bits per heavy atom. The first-order valence-electron chi connectivity index (χ1n) is 9.95. The van der Waals surface area contributed by atoms with Crippen molar-refractivity contribution in [2.45, 2.75) is 20.8 Å². The van der Waals surface area contributed by atoms with Crippen LogP contribution in [0.2, 0.25) is 0 Å². The summed E-state index contributed by atoms with van der Waals surface area (Å²) < 4.78 is 5.84. The molecule has 0 radical (unpaired) electrons. The quantitative estimate of drug-likeness (QED) is 0.275. The summed E-state index contributed by atoms with van der Waals surface area (Å²) >= 11 is 5.28. The van der Waals surface area contributed by atoms with Crippen molar-refractivity contribution >= 4 is 46.7 Å². The van der Waals surface area contributed by atoms with E-state index >= 15 is 0 Å². The highest BCUT2D eigenvalue weighted by molar-refractivity contribution is 7.80. The van der Waals surface area contributed by atoms with E-state index < -0.39 is 11.8 Å². The van der Waals surface area contributed by atoms with E-state index in [9.17, 15) is 14.4 Å². The van der Waals surface area contributed by atoms with E-state index in [4.69, 9.17) is 16.6 Å². The van der Waals surface area contributed by atoms with Gasteiger partial charge in [-0.3, -0.25) is 24.6 Å². The first-order valence-corrected chi connectivity index (χ1v) is 10.4. The smallest absolute Gasteiger partial charge is 0.270 e. The molecular formula is C25H20N2O4S. The summed E-state index contributed by atoms with van der Waals surface area (Å²) in [6.07, 6.45) is 1.41. The molecule has 1 saturated heterocycles. The minimum Gasteiger partial charge on any atom is -0.457 e. The molecule has 0 unspecified atom stereocenters. The van der Waals surface area contributed by atoms with Gasteiger partial charge in [-0.05, 0) is 68.4 Å². The second-order valence-electron chi connectivity index (χ2n) is 7.51. The van der Waals surface area contributed by atoms with E-state index in [1.807, 2.05) is 26.0 Å². The van der Waals surface area contributed by atoms with Crippen LogP contribution in [0, 0.1) is 13.8 Å². The molecule has 1 aliphatic rings. The van der Waals surface area contributed by atoms with E-state index in [1.54, 1.807) is 42.5 Å². The van der Waals surface area contributed by atoms with Gasteiger partial charge in [-0.2, -0.15) is 0 Å². The third kappa shape index (κ3) is 3.90. The fourth-order valence-electron chi connectivity index (χ4n) is 3.45. The largest absolute Gasteiger partial charge is 0.457 e. The van der Waals surface area contributed by atoms with Crippen LogP contribution in [0.25, 0.3) is 17.4 Å². The molecular weight excluding hydrogens is 424 g/mol. The number of nitrogens with zero attached hydrogens (tertiary/aromatic N) is 1. The summed E-state index contributed by atoms with van der Waals surface area (Å²) in [5.41, 5.74) is 3.83. The zero-order valence-corrected chi connectivity index (χ0v) is 18.6. The summed E-state index contributed by atoms with van der Waals surface area (Å²) in [4.78, 5) is 38.6. The molecule has 1 aliphatic heterocycles. The maximum atomic E-state index is 13.2. The molecule has 7 heteroatoms. The Morgan fingerprint density at radius 3 is 2.44 bits per heavy atom. The molecule has 0 bridgehead atoms. The topological polar surface area (TPSA) is 79.6 Å². The van der Waals surface area contributed by atoms with Gasteiger partial charge in [0.15, 0.2) is 10.9 Å². The summed E-state index contributed by atoms with van der Waals surface area (Å²) in [6, 6.07) is 16.0. The van der Waals surface area contributed by atoms with E-state index in [1.165, 1.54) is 17.9 Å². The first kappa shape index (κ1) is 21.4. The number of nitrogens with one attached hydrogen (secondary N) is 1. The van der Waals surface area contributed by atoms with Crippen LogP contribution in [0.4, 0.5) is 5.69 Å². The normalized spacial score (nSPS) is 15.3. The lowest BCUT2D eigenvalue weighted by atomic mass is 10.0. The van der Waals surface area contributed by atoms with Crippen LogP contribution in [-0.4, -0.2) is 22.7 Å². The van der Waals surface area contributed by atoms with Crippen molar-refractivity contribution < 1.29 is 18.8 Å². The molecule has 4 rings (SSSR count). The average molecular weight is 445 g/mol. The lowest BCUT2D eigenvalue weighted by Crippen LogP contribution is -2.54. The number of carbonyl (C=O) groups is 3. The van der Waals surface area contributed by atoms with Crippen molar-refractivity contribution in [2.24, 2.45) is 0 Å². The summed E-state index contributed by atoms with van der Waals surface area (Å²) in [7, 11) is 0. The van der Waals surface area contributed by atoms with Gasteiger partial charge in [-0.1, -0.05) is 36.4 Å². The van der Waals surface area contributed by atoms with Gasteiger partial charge in [0.25, 0.3) is 11.8 Å². The van der Waals surface area contributed by atoms with Crippen molar-refractivity contribution in [1.82, 2.24) is 5.32 Å². The number of rotatable bonds is 4. The highest BCUT2D eigenvalue weighted by atomic mass is 32.1. The van der Waals surface area contributed by atoms with Crippen molar-refractivity contribution in [3.05, 3.63) is 82.6 Å². The van der Waals surface area contributed by atoms with Crippen molar-refractivity contribution in [3.63, 3.8) is 0 Å². The Morgan fingerprint density at radius 1 is 1.03 bits per heavy atom. The molecule has 2 amide bonds. The van der Waals surface area contributed by atoms with E-state index in [0.29, 0.717) is 22.8 Å². The van der Waals surface area contributed by atoms with E-state index in [2.05, 4.69) is 5.32 Å². The second-order valence-corrected chi connectivity index (χ2v) is 7.90. The number of furan rings is 1. The fraction of sp³-hybridized carbons (Fsp3) is 0.120. The molecule has 32 heavy (non-hydrogen) atoms. The van der Waals surface area contributed by atoms with Gasteiger partial charge < -0.3 is 4.42 Å². The van der Waals surface area contributed by atoms with Gasteiger partial charge in [0, 0.05) is 11.1 Å². The lowest BCUT2D eigenvalue weighted by molar-refractivity contribution is -0.122. The van der Waals surface area contributed by atoms with Crippen LogP contribution in [0.1, 0.15) is 34.2 Å². The van der Waals surface area contributed by atoms with Crippen molar-refractivity contribution in [3.8, 4) is 11.3 Å². The third-order valence-electron chi connectivity index (χ3n) is 5.41. The maximum absolute atomic E-state index is 13.2. The van der Waals surface area contributed by atoms with Crippen LogP contribution < -0.4 is 10.2 Å². The Hall–Kier alpha value is -3.84. The van der Waals surface area contributed by atoms with Crippen LogP contribution in [0.15, 0.2) is 64.6 Å². The monoisotopic (exact) mass is 444 g/mol. The van der Waals surface area contributed by atoms with Crippen molar-refractivity contribution in [2.75, 3.05) is 4.90 Å². The number of Topliss-reactive ketones (excluding diaryl/α,β-unsaturated/α-hetero) is 1. The molecule has 0 spiro atoms. The predicted octanol–water partition coefficient (Wildman–Crippen LogP) is 4.60. The predicted molar refractivity (Wildman–Crippen MR) is 126 cm³/mol. The Bertz CT molecular complexity index is 1300. The van der Waals surface area contributed by atoms with Crippen LogP contribution in [-0.2, 0) is 9.59 Å². The molecule has 1 aromatic heterocycles. The molecule has 0 saturated carbocycles. The Balaban J connectivity index is 1.67. The third-order valence-corrected chi connectivity index (χ3v) is 5.69. The second kappa shape index (κ2) is 8.36. The zero-order valence-electron chi connectivity index (χ0n) is 17.8. The lowest BCUT2D eigenvalue weighted by Gasteiger charge is -2.30. The van der Waals surface area contributed by atoms with Gasteiger partial charge >= 0.3 is 0 Å². The van der Waals surface area contributed by atoms with Gasteiger partial charge in [0.2, 0.25) is 0 Å². The molecule has 2 heterocycles. The molecule has 6 nitrogen and oxygen atoms in total. The Labute approximate surface area is 190 Å². The summed E-state index contributed by atoms with van der Waals surface area (Å²) in [6.45, 7) is 5.35. The van der Waals surface area contributed by atoms with Crippen LogP contribution in [0.3, 0.4) is 0 Å². The summed E-state index contributed by atoms with van der Waals surface area (Å²) in [5.74, 6) is -0.212. The molecule has 1 N–H and O–H groups in total. The number of ketones is 1. The Kier molecular flexibility index (Phi) is 5.59. The number of hydrogen-bond acceptors (Lipinski definition) is 5. The fourth-order valence-corrected chi connectivity index (χ4v) is 3.73. The minimum atomic E-state index is -0.578. The maximum Gasteiger partial charge on any atom is 0.270 e. The molecule has 0 atom stereocenters. The molecule has 2 aromatic carbocycles. The molecule has 0 aliphatic carbocycles. The number of thiocarbonyl (C=S) groups is 1. The van der Waals surface area contributed by atoms with Gasteiger partial charge in [-0.25, -0.2) is 0 Å². The number of hydrogen-bond donors (Lipinski definition) is 1. The van der Waals surface area contributed by atoms with Crippen LogP contribution in [0.5, 0.6) is 0 Å².